The molecular weight excluding hydrogens is 206 g/mol. The number of para-hydroxylation sites is 1. The Morgan fingerprint density at radius 1 is 1.18 bits per heavy atom. The van der Waals surface area contributed by atoms with Crippen molar-refractivity contribution in [2.45, 2.75) is 40.5 Å². The van der Waals surface area contributed by atoms with Gasteiger partial charge >= 0.3 is 0 Å². The molecule has 1 heteroatoms. The topological polar surface area (TPSA) is 15.8 Å². The summed E-state index contributed by atoms with van der Waals surface area (Å²) in [5, 5.41) is 1.38. The SMILES string of the molecule is C[C@@H](Cc1c[nH]c2ccccc12)CC(C)(C)C. The lowest BCUT2D eigenvalue weighted by Crippen LogP contribution is -2.12. The molecule has 1 atom stereocenters. The zero-order valence-corrected chi connectivity index (χ0v) is 11.4. The molecule has 2 aromatic rings. The first-order chi connectivity index (χ1) is 7.96. The Bertz CT molecular complexity index is 487. The summed E-state index contributed by atoms with van der Waals surface area (Å²) in [5.41, 5.74) is 3.13. The van der Waals surface area contributed by atoms with E-state index in [0.29, 0.717) is 5.41 Å². The number of rotatable bonds is 3. The average molecular weight is 229 g/mol. The summed E-state index contributed by atoms with van der Waals surface area (Å²) in [6.45, 7) is 9.31. The van der Waals surface area contributed by atoms with Gasteiger partial charge < -0.3 is 4.98 Å². The molecule has 2 rings (SSSR count). The van der Waals surface area contributed by atoms with Gasteiger partial charge in [-0.3, -0.25) is 0 Å². The fraction of sp³-hybridized carbons (Fsp3) is 0.500. The van der Waals surface area contributed by atoms with Gasteiger partial charge in [-0.25, -0.2) is 0 Å². The van der Waals surface area contributed by atoms with Crippen LogP contribution in [0, 0.1) is 11.3 Å². The highest BCUT2D eigenvalue weighted by Gasteiger charge is 2.16. The van der Waals surface area contributed by atoms with Crippen LogP contribution in [0.5, 0.6) is 0 Å². The molecular formula is C16H23N. The van der Waals surface area contributed by atoms with Crippen molar-refractivity contribution in [1.29, 1.82) is 0 Å². The van der Waals surface area contributed by atoms with E-state index in [1.165, 1.54) is 29.3 Å². The number of H-pyrrole nitrogens is 1. The second-order valence-corrected chi connectivity index (χ2v) is 6.43. The summed E-state index contributed by atoms with van der Waals surface area (Å²) < 4.78 is 0. The van der Waals surface area contributed by atoms with Crippen molar-refractivity contribution in [2.24, 2.45) is 11.3 Å². The van der Waals surface area contributed by atoms with E-state index in [-0.39, 0.29) is 0 Å². The smallest absolute Gasteiger partial charge is 0.0456 e. The van der Waals surface area contributed by atoms with Crippen molar-refractivity contribution in [3.05, 3.63) is 36.0 Å². The summed E-state index contributed by atoms with van der Waals surface area (Å²) in [6.07, 6.45) is 4.61. The fourth-order valence-corrected chi connectivity index (χ4v) is 2.79. The molecule has 1 heterocycles. The van der Waals surface area contributed by atoms with Crippen molar-refractivity contribution < 1.29 is 0 Å². The van der Waals surface area contributed by atoms with Crippen LogP contribution in [0.25, 0.3) is 10.9 Å². The zero-order valence-electron chi connectivity index (χ0n) is 11.4. The van der Waals surface area contributed by atoms with E-state index in [2.05, 4.69) is 63.1 Å². The molecule has 0 amide bonds. The van der Waals surface area contributed by atoms with Crippen molar-refractivity contribution in [2.75, 3.05) is 0 Å². The van der Waals surface area contributed by atoms with Gasteiger partial charge in [0, 0.05) is 17.1 Å². The van der Waals surface area contributed by atoms with Gasteiger partial charge in [0.15, 0.2) is 0 Å². The normalized spacial score (nSPS) is 14.1. The molecule has 92 valence electrons. The molecule has 0 unspecified atom stereocenters. The number of benzene rings is 1. The first kappa shape index (κ1) is 12.2. The Labute approximate surface area is 104 Å². The van der Waals surface area contributed by atoms with Crippen LogP contribution >= 0.6 is 0 Å². The highest BCUT2D eigenvalue weighted by molar-refractivity contribution is 5.83. The Morgan fingerprint density at radius 3 is 2.59 bits per heavy atom. The Hall–Kier alpha value is -1.24. The van der Waals surface area contributed by atoms with Crippen LogP contribution in [0.3, 0.4) is 0 Å². The number of hydrogen-bond acceptors (Lipinski definition) is 0. The second-order valence-electron chi connectivity index (χ2n) is 6.43. The molecule has 0 saturated carbocycles. The molecule has 0 spiro atoms. The Morgan fingerprint density at radius 2 is 1.88 bits per heavy atom. The lowest BCUT2D eigenvalue weighted by atomic mass is 9.83. The van der Waals surface area contributed by atoms with E-state index in [0.717, 1.165) is 5.92 Å². The van der Waals surface area contributed by atoms with Gasteiger partial charge in [-0.1, -0.05) is 45.9 Å². The fourth-order valence-electron chi connectivity index (χ4n) is 2.79. The van der Waals surface area contributed by atoms with Gasteiger partial charge in [0.05, 0.1) is 0 Å². The largest absolute Gasteiger partial charge is 0.361 e. The molecule has 0 radical (unpaired) electrons. The minimum absolute atomic E-state index is 0.422. The van der Waals surface area contributed by atoms with Gasteiger partial charge in [-0.2, -0.15) is 0 Å². The van der Waals surface area contributed by atoms with Crippen LogP contribution in [-0.4, -0.2) is 4.98 Å². The van der Waals surface area contributed by atoms with E-state index in [4.69, 9.17) is 0 Å². The third kappa shape index (κ3) is 3.12. The maximum Gasteiger partial charge on any atom is 0.0456 e. The van der Waals surface area contributed by atoms with Crippen molar-refractivity contribution in [1.82, 2.24) is 4.98 Å². The minimum Gasteiger partial charge on any atom is -0.361 e. The van der Waals surface area contributed by atoms with Crippen molar-refractivity contribution in [3.63, 3.8) is 0 Å². The average Bonchev–Trinajstić information content (AvgIpc) is 2.59. The van der Waals surface area contributed by atoms with Crippen molar-refractivity contribution >= 4 is 10.9 Å². The van der Waals surface area contributed by atoms with Gasteiger partial charge in [0.25, 0.3) is 0 Å². The van der Waals surface area contributed by atoms with Crippen LogP contribution in [0.2, 0.25) is 0 Å². The van der Waals surface area contributed by atoms with E-state index < -0.39 is 0 Å². The summed E-state index contributed by atoms with van der Waals surface area (Å²) in [6, 6.07) is 8.56. The predicted octanol–water partition coefficient (Wildman–Crippen LogP) is 4.78. The minimum atomic E-state index is 0.422. The highest BCUT2D eigenvalue weighted by Crippen LogP contribution is 2.28. The maximum atomic E-state index is 3.36. The van der Waals surface area contributed by atoms with Gasteiger partial charge in [0.1, 0.15) is 0 Å². The lowest BCUT2D eigenvalue weighted by molar-refractivity contribution is 0.306. The van der Waals surface area contributed by atoms with Gasteiger partial charge in [0.2, 0.25) is 0 Å². The molecule has 1 aromatic heterocycles. The quantitative estimate of drug-likeness (QED) is 0.779. The van der Waals surface area contributed by atoms with E-state index in [1.807, 2.05) is 0 Å². The molecule has 0 aliphatic rings. The van der Waals surface area contributed by atoms with Crippen molar-refractivity contribution in [3.8, 4) is 0 Å². The summed E-state index contributed by atoms with van der Waals surface area (Å²) in [5.74, 6) is 0.731. The maximum absolute atomic E-state index is 3.36. The molecule has 0 saturated heterocycles. The van der Waals surface area contributed by atoms with E-state index in [9.17, 15) is 0 Å². The summed E-state index contributed by atoms with van der Waals surface area (Å²) in [7, 11) is 0. The van der Waals surface area contributed by atoms with Crippen LogP contribution in [0.1, 0.15) is 39.7 Å². The molecule has 0 fully saturated rings. The molecule has 17 heavy (non-hydrogen) atoms. The third-order valence-electron chi connectivity index (χ3n) is 3.20. The first-order valence-electron chi connectivity index (χ1n) is 6.51. The molecule has 1 N–H and O–H groups in total. The monoisotopic (exact) mass is 229 g/mol. The van der Waals surface area contributed by atoms with Gasteiger partial charge in [-0.15, -0.1) is 0 Å². The van der Waals surface area contributed by atoms with Crippen LogP contribution in [0.15, 0.2) is 30.5 Å². The second kappa shape index (κ2) is 4.56. The Balaban J connectivity index is 2.13. The highest BCUT2D eigenvalue weighted by atomic mass is 14.7. The van der Waals surface area contributed by atoms with Crippen LogP contribution in [0.4, 0.5) is 0 Å². The van der Waals surface area contributed by atoms with E-state index >= 15 is 0 Å². The van der Waals surface area contributed by atoms with Gasteiger partial charge in [-0.05, 0) is 35.8 Å². The lowest BCUT2D eigenvalue weighted by Gasteiger charge is -2.23. The third-order valence-corrected chi connectivity index (χ3v) is 3.20. The van der Waals surface area contributed by atoms with Crippen LogP contribution in [-0.2, 0) is 6.42 Å². The summed E-state index contributed by atoms with van der Waals surface area (Å²) in [4.78, 5) is 3.36. The molecule has 0 aliphatic carbocycles. The zero-order chi connectivity index (χ0) is 12.5. The Kier molecular flexibility index (Phi) is 3.28. The number of aromatic nitrogens is 1. The number of aromatic amines is 1. The number of hydrogen-bond donors (Lipinski definition) is 1. The van der Waals surface area contributed by atoms with Crippen LogP contribution < -0.4 is 0 Å². The van der Waals surface area contributed by atoms with E-state index in [1.54, 1.807) is 0 Å². The number of nitrogens with one attached hydrogen (secondary N) is 1. The molecule has 0 aliphatic heterocycles. The molecule has 0 bridgehead atoms. The number of fused-ring (bicyclic) bond motifs is 1. The standard InChI is InChI=1S/C16H23N/c1-12(10-16(2,3)4)9-13-11-17-15-8-6-5-7-14(13)15/h5-8,11-12,17H,9-10H2,1-4H3/t12-/m0/s1. The predicted molar refractivity (Wildman–Crippen MR) is 75.2 cm³/mol. The first-order valence-corrected chi connectivity index (χ1v) is 6.51. The summed E-state index contributed by atoms with van der Waals surface area (Å²) >= 11 is 0. The molecule has 1 nitrogen and oxygen atoms in total. The molecule has 1 aromatic carbocycles.